The Labute approximate surface area is 304 Å². The van der Waals surface area contributed by atoms with Crippen molar-refractivity contribution < 1.29 is 9.53 Å². The van der Waals surface area contributed by atoms with E-state index in [1.807, 2.05) is 0 Å². The van der Waals surface area contributed by atoms with E-state index in [2.05, 4.69) is 27.7 Å². The van der Waals surface area contributed by atoms with Gasteiger partial charge in [-0.2, -0.15) is 0 Å². The van der Waals surface area contributed by atoms with Crippen molar-refractivity contribution in [3.63, 3.8) is 0 Å². The summed E-state index contributed by atoms with van der Waals surface area (Å²) >= 11 is 0. The van der Waals surface area contributed by atoms with Gasteiger partial charge in [0, 0.05) is 0 Å². The van der Waals surface area contributed by atoms with Crippen molar-refractivity contribution in [3.8, 4) is 0 Å². The van der Waals surface area contributed by atoms with Crippen LogP contribution in [0.1, 0.15) is 278 Å². The summed E-state index contributed by atoms with van der Waals surface area (Å²) < 4.78 is 6.32. The van der Waals surface area contributed by atoms with Crippen LogP contribution in [0.2, 0.25) is 0 Å². The summed E-state index contributed by atoms with van der Waals surface area (Å²) in [6.45, 7) is 9.14. The molecule has 0 aromatic rings. The number of hydrogen-bond acceptors (Lipinski definition) is 2. The molecule has 0 aromatic carbocycles. The Hall–Kier alpha value is -0.530. The van der Waals surface area contributed by atoms with Gasteiger partial charge in [0.25, 0.3) is 0 Å². The zero-order valence-electron chi connectivity index (χ0n) is 34.0. The summed E-state index contributed by atoms with van der Waals surface area (Å²) in [6.07, 6.45) is 52.0. The van der Waals surface area contributed by atoms with Gasteiger partial charge in [-0.25, -0.2) is 0 Å². The third-order valence-electron chi connectivity index (χ3n) is 10.9. The highest BCUT2D eigenvalue weighted by Gasteiger charge is 2.23. The van der Waals surface area contributed by atoms with Gasteiger partial charge in [-0.1, -0.05) is 246 Å². The lowest BCUT2D eigenvalue weighted by molar-refractivity contribution is -0.155. The Morgan fingerprint density at radius 2 is 0.542 bits per heavy atom. The monoisotopic (exact) mass is 677 g/mol. The number of hydrogen-bond donors (Lipinski definition) is 0. The van der Waals surface area contributed by atoms with Crippen LogP contribution in [0, 0.1) is 5.92 Å². The van der Waals surface area contributed by atoms with Crippen molar-refractivity contribution in [1.29, 1.82) is 0 Å². The van der Waals surface area contributed by atoms with Crippen LogP contribution in [0.3, 0.4) is 0 Å². The molecule has 0 N–H and O–H groups in total. The average molecular weight is 677 g/mol. The highest BCUT2D eigenvalue weighted by Crippen LogP contribution is 2.24. The second-order valence-corrected chi connectivity index (χ2v) is 15.9. The van der Waals surface area contributed by atoms with E-state index in [1.165, 1.54) is 225 Å². The summed E-state index contributed by atoms with van der Waals surface area (Å²) in [7, 11) is 0. The van der Waals surface area contributed by atoms with Gasteiger partial charge in [0.1, 0.15) is 6.10 Å². The third-order valence-corrected chi connectivity index (χ3v) is 10.9. The molecule has 288 valence electrons. The Morgan fingerprint density at radius 1 is 0.312 bits per heavy atom. The normalized spacial score (nSPS) is 12.3. The number of carbonyl (C=O) groups is 1. The van der Waals surface area contributed by atoms with Gasteiger partial charge >= 0.3 is 5.97 Å². The number of esters is 1. The summed E-state index contributed by atoms with van der Waals surface area (Å²) in [5.74, 6) is 0.276. The van der Waals surface area contributed by atoms with Crippen LogP contribution in [-0.4, -0.2) is 12.1 Å². The van der Waals surface area contributed by atoms with Crippen LogP contribution < -0.4 is 0 Å². The Bertz CT molecular complexity index is 569. The van der Waals surface area contributed by atoms with Crippen LogP contribution in [-0.2, 0) is 9.53 Å². The van der Waals surface area contributed by atoms with E-state index >= 15 is 0 Å². The zero-order chi connectivity index (χ0) is 35.0. The number of carbonyl (C=O) groups excluding carboxylic acids is 1. The lowest BCUT2D eigenvalue weighted by Gasteiger charge is -2.22. The van der Waals surface area contributed by atoms with E-state index in [4.69, 9.17) is 4.74 Å². The van der Waals surface area contributed by atoms with Gasteiger partial charge in [-0.15, -0.1) is 0 Å². The van der Waals surface area contributed by atoms with Crippen LogP contribution in [0.25, 0.3) is 0 Å². The summed E-state index contributed by atoms with van der Waals surface area (Å²) in [5, 5.41) is 0. The first kappa shape index (κ1) is 47.5. The highest BCUT2D eigenvalue weighted by molar-refractivity contribution is 5.72. The molecule has 1 atom stereocenters. The Balaban J connectivity index is 4.39. The molecule has 0 amide bonds. The topological polar surface area (TPSA) is 26.3 Å². The fourth-order valence-corrected chi connectivity index (χ4v) is 7.48. The number of rotatable bonds is 41. The molecule has 0 rings (SSSR count). The largest absolute Gasteiger partial charge is 0.462 e. The fraction of sp³-hybridized carbons (Fsp3) is 0.978. The molecular weight excluding hydrogens is 585 g/mol. The minimum Gasteiger partial charge on any atom is -0.462 e. The molecule has 0 saturated heterocycles. The lowest BCUT2D eigenvalue weighted by Crippen LogP contribution is -2.25. The van der Waals surface area contributed by atoms with Gasteiger partial charge in [0.2, 0.25) is 0 Å². The smallest absolute Gasteiger partial charge is 0.309 e. The van der Waals surface area contributed by atoms with Crippen LogP contribution >= 0.6 is 0 Å². The maximum atomic E-state index is 13.6. The van der Waals surface area contributed by atoms with Gasteiger partial charge < -0.3 is 4.74 Å². The third kappa shape index (κ3) is 35.3. The van der Waals surface area contributed by atoms with Crippen LogP contribution in [0.15, 0.2) is 0 Å². The Kier molecular flexibility index (Phi) is 40.4. The molecule has 0 aromatic heterocycles. The number of ether oxygens (including phenoxy) is 1. The van der Waals surface area contributed by atoms with E-state index in [0.29, 0.717) is 0 Å². The van der Waals surface area contributed by atoms with Crippen molar-refractivity contribution in [1.82, 2.24) is 0 Å². The van der Waals surface area contributed by atoms with E-state index in [9.17, 15) is 4.79 Å². The lowest BCUT2D eigenvalue weighted by atomic mass is 9.93. The summed E-state index contributed by atoms with van der Waals surface area (Å²) in [4.78, 5) is 13.6. The van der Waals surface area contributed by atoms with Crippen LogP contribution in [0.5, 0.6) is 0 Å². The van der Waals surface area contributed by atoms with E-state index in [-0.39, 0.29) is 18.0 Å². The predicted octanol–water partition coefficient (Wildman–Crippen LogP) is 16.8. The van der Waals surface area contributed by atoms with Crippen molar-refractivity contribution in [2.24, 2.45) is 5.92 Å². The Morgan fingerprint density at radius 3 is 0.833 bits per heavy atom. The van der Waals surface area contributed by atoms with Crippen LogP contribution in [0.4, 0.5) is 0 Å². The van der Waals surface area contributed by atoms with E-state index in [1.54, 1.807) is 0 Å². The molecule has 0 heterocycles. The maximum Gasteiger partial charge on any atom is 0.309 e. The highest BCUT2D eigenvalue weighted by atomic mass is 16.5. The summed E-state index contributed by atoms with van der Waals surface area (Å²) in [6, 6.07) is 0. The first-order valence-electron chi connectivity index (χ1n) is 22.9. The maximum absolute atomic E-state index is 13.6. The fourth-order valence-electron chi connectivity index (χ4n) is 7.48. The summed E-state index contributed by atoms with van der Waals surface area (Å²) in [5.41, 5.74) is 0. The molecular formula is C46H92O2. The predicted molar refractivity (Wildman–Crippen MR) is 216 cm³/mol. The second-order valence-electron chi connectivity index (χ2n) is 15.9. The minimum atomic E-state index is 0.129. The zero-order valence-corrected chi connectivity index (χ0v) is 34.0. The minimum absolute atomic E-state index is 0.129. The molecule has 0 saturated carbocycles. The van der Waals surface area contributed by atoms with Crippen molar-refractivity contribution in [3.05, 3.63) is 0 Å². The van der Waals surface area contributed by atoms with Gasteiger partial charge in [-0.05, 0) is 32.1 Å². The number of unbranched alkanes of at least 4 members (excludes halogenated alkanes) is 31. The van der Waals surface area contributed by atoms with Crippen molar-refractivity contribution in [2.75, 3.05) is 0 Å². The van der Waals surface area contributed by atoms with E-state index < -0.39 is 0 Å². The van der Waals surface area contributed by atoms with Gasteiger partial charge in [-0.3, -0.25) is 4.79 Å². The molecule has 48 heavy (non-hydrogen) atoms. The molecule has 0 radical (unpaired) electrons. The van der Waals surface area contributed by atoms with Gasteiger partial charge in [0.05, 0.1) is 5.92 Å². The molecule has 0 aliphatic rings. The SMILES string of the molecule is CCCCCCCCCCCCCCCCC(CCCCCCCCCCCCCCCC)C(=O)OC(CCCC)CCCCCCC. The molecule has 2 nitrogen and oxygen atoms in total. The molecule has 0 bridgehead atoms. The first-order chi connectivity index (χ1) is 23.7. The van der Waals surface area contributed by atoms with Gasteiger partial charge in [0.15, 0.2) is 0 Å². The molecule has 0 fully saturated rings. The van der Waals surface area contributed by atoms with Crippen molar-refractivity contribution >= 4 is 5.97 Å². The second kappa shape index (κ2) is 40.9. The molecule has 0 aliphatic heterocycles. The van der Waals surface area contributed by atoms with Crippen molar-refractivity contribution in [2.45, 2.75) is 284 Å². The molecule has 2 heteroatoms. The quantitative estimate of drug-likeness (QED) is 0.0476. The molecule has 1 unspecified atom stereocenters. The molecule has 0 aliphatic carbocycles. The molecule has 0 spiro atoms. The van der Waals surface area contributed by atoms with E-state index in [0.717, 1.165) is 25.7 Å². The average Bonchev–Trinajstić information content (AvgIpc) is 3.09. The standard InChI is InChI=1S/C46H92O2/c1-5-9-13-16-18-20-22-24-26-28-30-32-35-37-40-44(46(47)48-45(42-12-8-4)43-39-34-15-11-7-3)41-38-36-33-31-29-27-25-23-21-19-17-14-10-6-2/h44-45H,5-43H2,1-4H3. The first-order valence-corrected chi connectivity index (χ1v) is 22.9.